The molecule has 0 saturated carbocycles. The number of benzene rings is 1. The normalized spacial score (nSPS) is 22.6. The number of anilines is 1. The fourth-order valence-corrected chi connectivity index (χ4v) is 2.71. The lowest BCUT2D eigenvalue weighted by molar-refractivity contribution is -0.175. The Morgan fingerprint density at radius 2 is 2.07 bits per heavy atom. The summed E-state index contributed by atoms with van der Waals surface area (Å²) in [5.41, 5.74) is 1.56. The third-order valence-electron chi connectivity index (χ3n) is 4.05. The van der Waals surface area contributed by atoms with Crippen LogP contribution in [0.3, 0.4) is 0 Å². The van der Waals surface area contributed by atoms with E-state index in [4.69, 9.17) is 14.2 Å². The van der Waals surface area contributed by atoms with E-state index in [0.29, 0.717) is 18.5 Å². The Bertz CT molecular complexity index is 645. The predicted octanol–water partition coefficient (Wildman–Crippen LogP) is 2.65. The first-order chi connectivity index (χ1) is 12.8. The van der Waals surface area contributed by atoms with Gasteiger partial charge in [0.25, 0.3) is 0 Å². The molecule has 0 radical (unpaired) electrons. The lowest BCUT2D eigenvalue weighted by Crippen LogP contribution is -2.39. The predicted molar refractivity (Wildman–Crippen MR) is 100 cm³/mol. The van der Waals surface area contributed by atoms with Crippen molar-refractivity contribution < 1.29 is 28.9 Å². The molecule has 1 aliphatic heterocycles. The molecule has 0 aliphatic carbocycles. The summed E-state index contributed by atoms with van der Waals surface area (Å²) < 4.78 is 16.7. The third-order valence-corrected chi connectivity index (χ3v) is 4.05. The molecule has 2 N–H and O–H groups in total. The van der Waals surface area contributed by atoms with Crippen molar-refractivity contribution in [3.05, 3.63) is 23.8 Å². The van der Waals surface area contributed by atoms with Crippen LogP contribution in [0, 0.1) is 5.92 Å². The molecule has 7 heteroatoms. The average molecular weight is 379 g/mol. The lowest BCUT2D eigenvalue weighted by atomic mass is 10.1. The monoisotopic (exact) mass is 379 g/mol. The minimum atomic E-state index is -0.707. The number of carbonyl (C=O) groups excluding carboxylic acids is 2. The number of hydrogen-bond acceptors (Lipinski definition) is 7. The fraction of sp³-hybridized carbons (Fsp3) is 0.600. The van der Waals surface area contributed by atoms with Crippen LogP contribution in [0.4, 0.5) is 5.69 Å². The molecular weight excluding hydrogens is 350 g/mol. The SMILES string of the molecule is CC(C)Nc1cc(COC(=O)C(C)C)ccc1OC1CC(O)CC(C=O)O1. The van der Waals surface area contributed by atoms with Crippen molar-refractivity contribution in [3.63, 3.8) is 0 Å². The van der Waals surface area contributed by atoms with Crippen LogP contribution < -0.4 is 10.1 Å². The molecular formula is C20H29NO6. The van der Waals surface area contributed by atoms with Crippen LogP contribution in [-0.4, -0.2) is 41.9 Å². The van der Waals surface area contributed by atoms with Gasteiger partial charge in [-0.2, -0.15) is 0 Å². The Kier molecular flexibility index (Phi) is 7.62. The molecule has 0 amide bonds. The second-order valence-electron chi connectivity index (χ2n) is 7.38. The molecule has 1 fully saturated rings. The Morgan fingerprint density at radius 1 is 1.33 bits per heavy atom. The Balaban J connectivity index is 2.12. The molecule has 2 rings (SSSR count). The van der Waals surface area contributed by atoms with Crippen molar-refractivity contribution in [2.24, 2.45) is 5.92 Å². The van der Waals surface area contributed by atoms with Gasteiger partial charge in [0, 0.05) is 18.9 Å². The van der Waals surface area contributed by atoms with Gasteiger partial charge in [0.15, 0.2) is 0 Å². The van der Waals surface area contributed by atoms with Crippen LogP contribution in [0.25, 0.3) is 0 Å². The first kappa shape index (κ1) is 21.2. The zero-order valence-electron chi connectivity index (χ0n) is 16.3. The van der Waals surface area contributed by atoms with Gasteiger partial charge in [0.05, 0.1) is 17.7 Å². The molecule has 0 aromatic heterocycles. The van der Waals surface area contributed by atoms with Gasteiger partial charge >= 0.3 is 5.97 Å². The zero-order valence-corrected chi connectivity index (χ0v) is 16.3. The molecule has 1 aromatic rings. The minimum Gasteiger partial charge on any atom is -0.463 e. The van der Waals surface area contributed by atoms with Crippen LogP contribution in [0.5, 0.6) is 5.75 Å². The van der Waals surface area contributed by atoms with E-state index in [1.165, 1.54) is 0 Å². The summed E-state index contributed by atoms with van der Waals surface area (Å²) in [6.45, 7) is 7.75. The highest BCUT2D eigenvalue weighted by molar-refractivity contribution is 5.71. The summed E-state index contributed by atoms with van der Waals surface area (Å²) in [6.07, 6.45) is -0.774. The number of carbonyl (C=O) groups is 2. The molecule has 7 nitrogen and oxygen atoms in total. The fourth-order valence-electron chi connectivity index (χ4n) is 2.71. The third kappa shape index (κ3) is 6.52. The molecule has 0 spiro atoms. The topological polar surface area (TPSA) is 94.1 Å². The van der Waals surface area contributed by atoms with E-state index in [2.05, 4.69) is 5.32 Å². The number of hydrogen-bond donors (Lipinski definition) is 2. The lowest BCUT2D eigenvalue weighted by Gasteiger charge is -2.31. The highest BCUT2D eigenvalue weighted by atomic mass is 16.7. The van der Waals surface area contributed by atoms with E-state index < -0.39 is 18.5 Å². The zero-order chi connectivity index (χ0) is 20.0. The molecule has 1 heterocycles. The number of ether oxygens (including phenoxy) is 3. The largest absolute Gasteiger partial charge is 0.463 e. The quantitative estimate of drug-likeness (QED) is 0.530. The standard InChI is InChI=1S/C20H29NO6/c1-12(2)20(24)25-11-14-5-6-18(17(7-14)21-13(3)4)27-19-9-15(23)8-16(10-22)26-19/h5-7,10,12-13,15-16,19,21,23H,8-9,11H2,1-4H3. The molecule has 1 aromatic carbocycles. The average Bonchev–Trinajstić information content (AvgIpc) is 2.60. The maximum atomic E-state index is 11.7. The molecule has 3 atom stereocenters. The second kappa shape index (κ2) is 9.71. The number of esters is 1. The molecule has 0 bridgehead atoms. The Hall–Kier alpha value is -2.12. The Labute approximate surface area is 160 Å². The minimum absolute atomic E-state index is 0.154. The van der Waals surface area contributed by atoms with E-state index in [1.54, 1.807) is 19.9 Å². The van der Waals surface area contributed by atoms with Crippen molar-refractivity contribution in [1.82, 2.24) is 0 Å². The summed E-state index contributed by atoms with van der Waals surface area (Å²) in [4.78, 5) is 22.7. The van der Waals surface area contributed by atoms with Crippen molar-refractivity contribution >= 4 is 17.9 Å². The van der Waals surface area contributed by atoms with Gasteiger partial charge in [0.2, 0.25) is 6.29 Å². The number of aliphatic hydroxyl groups is 1. The van der Waals surface area contributed by atoms with Crippen molar-refractivity contribution in [1.29, 1.82) is 0 Å². The van der Waals surface area contributed by atoms with Crippen molar-refractivity contribution in [2.45, 2.75) is 71.7 Å². The van der Waals surface area contributed by atoms with Gasteiger partial charge in [-0.05, 0) is 31.5 Å². The number of rotatable bonds is 8. The van der Waals surface area contributed by atoms with Gasteiger partial charge in [-0.1, -0.05) is 19.9 Å². The van der Waals surface area contributed by atoms with E-state index in [0.717, 1.165) is 11.3 Å². The second-order valence-corrected chi connectivity index (χ2v) is 7.38. The number of nitrogens with one attached hydrogen (secondary N) is 1. The van der Waals surface area contributed by atoms with Crippen LogP contribution in [0.15, 0.2) is 18.2 Å². The molecule has 1 saturated heterocycles. The number of aliphatic hydroxyl groups excluding tert-OH is 1. The van der Waals surface area contributed by atoms with E-state index in [-0.39, 0.29) is 31.0 Å². The van der Waals surface area contributed by atoms with Crippen LogP contribution >= 0.6 is 0 Å². The van der Waals surface area contributed by atoms with Gasteiger partial charge < -0.3 is 29.4 Å². The van der Waals surface area contributed by atoms with E-state index in [9.17, 15) is 14.7 Å². The molecule has 27 heavy (non-hydrogen) atoms. The summed E-state index contributed by atoms with van der Waals surface area (Å²) in [6, 6.07) is 5.59. The summed E-state index contributed by atoms with van der Waals surface area (Å²) in [5.74, 6) is 0.117. The van der Waals surface area contributed by atoms with Crippen LogP contribution in [0.1, 0.15) is 46.1 Å². The summed E-state index contributed by atoms with van der Waals surface area (Å²) >= 11 is 0. The van der Waals surface area contributed by atoms with Gasteiger partial charge in [-0.15, -0.1) is 0 Å². The number of aldehydes is 1. The van der Waals surface area contributed by atoms with Gasteiger partial charge in [-0.3, -0.25) is 4.79 Å². The van der Waals surface area contributed by atoms with Crippen molar-refractivity contribution in [2.75, 3.05) is 5.32 Å². The van der Waals surface area contributed by atoms with Crippen LogP contribution in [-0.2, 0) is 25.7 Å². The highest BCUT2D eigenvalue weighted by Crippen LogP contribution is 2.30. The molecule has 1 aliphatic rings. The van der Waals surface area contributed by atoms with Gasteiger partial charge in [-0.25, -0.2) is 0 Å². The summed E-state index contributed by atoms with van der Waals surface area (Å²) in [5, 5.41) is 13.2. The first-order valence-corrected chi connectivity index (χ1v) is 9.30. The Morgan fingerprint density at radius 3 is 2.70 bits per heavy atom. The molecule has 150 valence electrons. The van der Waals surface area contributed by atoms with E-state index >= 15 is 0 Å². The summed E-state index contributed by atoms with van der Waals surface area (Å²) in [7, 11) is 0. The maximum absolute atomic E-state index is 11.7. The first-order valence-electron chi connectivity index (χ1n) is 9.30. The maximum Gasteiger partial charge on any atom is 0.308 e. The van der Waals surface area contributed by atoms with Crippen LogP contribution in [0.2, 0.25) is 0 Å². The van der Waals surface area contributed by atoms with Crippen molar-refractivity contribution in [3.8, 4) is 5.75 Å². The van der Waals surface area contributed by atoms with E-state index in [1.807, 2.05) is 26.0 Å². The van der Waals surface area contributed by atoms with Gasteiger partial charge in [0.1, 0.15) is 24.7 Å². The molecule has 3 unspecified atom stereocenters. The highest BCUT2D eigenvalue weighted by Gasteiger charge is 2.30. The smallest absolute Gasteiger partial charge is 0.308 e.